The SMILES string of the molecule is CNc1c(Cl)cc(C[C@@H](CC(=O)N2CCC(n3c(=O)[nH]c4c5ccccc5ncc43)CC2)C(=O)N2CCC(N3CCCN(C)CC3)CC2)cc1C(F)(F)F. The molecule has 0 radical (unpaired) electrons. The monoisotopic (exact) mass is 768 g/mol. The van der Waals surface area contributed by atoms with Crippen molar-refractivity contribution >= 4 is 51.0 Å². The van der Waals surface area contributed by atoms with Crippen LogP contribution in [0.15, 0.2) is 47.4 Å². The topological polar surface area (TPSA) is 110 Å². The summed E-state index contributed by atoms with van der Waals surface area (Å²) in [6.07, 6.45) is 0.607. The molecule has 0 saturated carbocycles. The van der Waals surface area contributed by atoms with Crippen LogP contribution in [0.3, 0.4) is 0 Å². The molecular formula is C39H48ClF3N8O3. The zero-order valence-electron chi connectivity index (χ0n) is 30.8. The summed E-state index contributed by atoms with van der Waals surface area (Å²) in [5.74, 6) is -1.32. The third-order valence-corrected chi connectivity index (χ3v) is 12.0. The number of fused-ring (bicyclic) bond motifs is 3. The number of aromatic nitrogens is 3. The van der Waals surface area contributed by atoms with Crippen molar-refractivity contribution in [1.29, 1.82) is 0 Å². The Morgan fingerprint density at radius 1 is 0.963 bits per heavy atom. The number of likely N-dealkylation sites (N-methyl/N-ethyl adjacent to an activating group) is 1. The molecule has 290 valence electrons. The van der Waals surface area contributed by atoms with Crippen molar-refractivity contribution in [2.24, 2.45) is 5.92 Å². The van der Waals surface area contributed by atoms with Gasteiger partial charge in [0.05, 0.1) is 44.9 Å². The Labute approximate surface area is 317 Å². The molecule has 0 aliphatic carbocycles. The van der Waals surface area contributed by atoms with Gasteiger partial charge < -0.3 is 25.0 Å². The van der Waals surface area contributed by atoms with Gasteiger partial charge in [0, 0.05) is 70.2 Å². The molecule has 3 saturated heterocycles. The Kier molecular flexibility index (Phi) is 11.2. The number of amides is 2. The Morgan fingerprint density at radius 3 is 2.39 bits per heavy atom. The minimum absolute atomic E-state index is 0.0576. The number of benzene rings is 2. The lowest BCUT2D eigenvalue weighted by Crippen LogP contribution is -2.50. The molecule has 7 rings (SSSR count). The molecule has 3 fully saturated rings. The second kappa shape index (κ2) is 15.9. The average molecular weight is 769 g/mol. The Hall–Kier alpha value is -4.14. The molecule has 54 heavy (non-hydrogen) atoms. The minimum Gasteiger partial charge on any atom is -0.386 e. The molecule has 5 heterocycles. The normalized spacial score (nSPS) is 19.4. The molecule has 3 aliphatic rings. The van der Waals surface area contributed by atoms with E-state index in [1.165, 1.54) is 13.1 Å². The van der Waals surface area contributed by atoms with E-state index in [-0.39, 0.29) is 52.7 Å². The zero-order chi connectivity index (χ0) is 38.1. The highest BCUT2D eigenvalue weighted by atomic mass is 35.5. The lowest BCUT2D eigenvalue weighted by atomic mass is 9.91. The van der Waals surface area contributed by atoms with Crippen LogP contribution in [0.25, 0.3) is 21.9 Å². The third kappa shape index (κ3) is 7.97. The van der Waals surface area contributed by atoms with E-state index in [1.807, 2.05) is 24.3 Å². The second-order valence-electron chi connectivity index (χ2n) is 15.1. The quantitative estimate of drug-likeness (QED) is 0.239. The highest BCUT2D eigenvalue weighted by Crippen LogP contribution is 2.40. The Morgan fingerprint density at radius 2 is 1.67 bits per heavy atom. The number of carbonyl (C=O) groups is 2. The van der Waals surface area contributed by atoms with Gasteiger partial charge in [0.1, 0.15) is 0 Å². The fraction of sp³-hybridized carbons (Fsp3) is 0.538. The number of likely N-dealkylation sites (tertiary alicyclic amines) is 2. The number of nitrogens with one attached hydrogen (secondary N) is 2. The molecule has 0 unspecified atom stereocenters. The number of halogens is 4. The highest BCUT2D eigenvalue weighted by molar-refractivity contribution is 6.33. The van der Waals surface area contributed by atoms with Gasteiger partial charge in [-0.05, 0) is 82.4 Å². The van der Waals surface area contributed by atoms with Gasteiger partial charge in [-0.25, -0.2) is 4.79 Å². The van der Waals surface area contributed by atoms with Crippen LogP contribution in [-0.4, -0.2) is 118 Å². The first-order valence-electron chi connectivity index (χ1n) is 19.0. The number of anilines is 1. The van der Waals surface area contributed by atoms with Gasteiger partial charge in [0.15, 0.2) is 0 Å². The van der Waals surface area contributed by atoms with Crippen LogP contribution in [-0.2, 0) is 22.2 Å². The number of nitrogens with zero attached hydrogens (tertiary/aromatic N) is 6. The Bertz CT molecular complexity index is 2050. The van der Waals surface area contributed by atoms with Crippen molar-refractivity contribution in [1.82, 2.24) is 34.1 Å². The number of H-pyrrole nitrogens is 1. The summed E-state index contributed by atoms with van der Waals surface area (Å²) < 4.78 is 44.1. The maximum Gasteiger partial charge on any atom is 0.418 e. The van der Waals surface area contributed by atoms with Crippen LogP contribution in [0.4, 0.5) is 18.9 Å². The van der Waals surface area contributed by atoms with Crippen LogP contribution in [0.5, 0.6) is 0 Å². The number of alkyl halides is 3. The fourth-order valence-corrected chi connectivity index (χ4v) is 9.06. The third-order valence-electron chi connectivity index (χ3n) is 11.7. The number of hydrogen-bond acceptors (Lipinski definition) is 7. The summed E-state index contributed by atoms with van der Waals surface area (Å²) >= 11 is 6.35. The number of imidazole rings is 1. The summed E-state index contributed by atoms with van der Waals surface area (Å²) in [5, 5.41) is 3.31. The van der Waals surface area contributed by atoms with Crippen molar-refractivity contribution < 1.29 is 22.8 Å². The first-order chi connectivity index (χ1) is 25.9. The molecule has 2 N–H and O–H groups in total. The lowest BCUT2D eigenvalue weighted by Gasteiger charge is -2.39. The predicted molar refractivity (Wildman–Crippen MR) is 204 cm³/mol. The predicted octanol–water partition coefficient (Wildman–Crippen LogP) is 5.63. The van der Waals surface area contributed by atoms with Gasteiger partial charge in [-0.2, -0.15) is 13.2 Å². The van der Waals surface area contributed by atoms with Crippen molar-refractivity contribution in [2.75, 3.05) is 71.8 Å². The van der Waals surface area contributed by atoms with Gasteiger partial charge in [-0.3, -0.25) is 24.0 Å². The molecule has 2 aromatic carbocycles. The standard InChI is InChI=1S/C39H48ClF3N8O3/c1-44-36-30(39(41,42)43)21-25(22-31(36)40)20-26(37(53)50-16-8-27(9-17-50)48-13-5-12-47(2)18-19-48)23-34(52)49-14-10-28(11-15-49)51-33-24-45-32-7-4-3-6-29(32)35(33)46-38(51)54/h3-4,6-7,21-22,24,26-28,44H,5,8-20,23H2,1-2H3,(H,46,54)/t26-/m0/s1. The van der Waals surface area contributed by atoms with Gasteiger partial charge in [0.2, 0.25) is 11.8 Å². The van der Waals surface area contributed by atoms with E-state index < -0.39 is 17.7 Å². The first-order valence-corrected chi connectivity index (χ1v) is 19.3. The van der Waals surface area contributed by atoms with E-state index in [2.05, 4.69) is 32.1 Å². The van der Waals surface area contributed by atoms with Crippen LogP contribution < -0.4 is 11.0 Å². The summed E-state index contributed by atoms with van der Waals surface area (Å²) in [5.41, 5.74) is 1.10. The second-order valence-corrected chi connectivity index (χ2v) is 15.5. The molecule has 11 nitrogen and oxygen atoms in total. The maximum absolute atomic E-state index is 14.3. The van der Waals surface area contributed by atoms with Crippen molar-refractivity contribution in [3.8, 4) is 0 Å². The molecule has 2 amide bonds. The summed E-state index contributed by atoms with van der Waals surface area (Å²) in [6.45, 7) is 5.88. The number of rotatable bonds is 8. The molecule has 3 aliphatic heterocycles. The molecule has 1 atom stereocenters. The largest absolute Gasteiger partial charge is 0.418 e. The first kappa shape index (κ1) is 38.1. The summed E-state index contributed by atoms with van der Waals surface area (Å²) in [4.78, 5) is 57.3. The van der Waals surface area contributed by atoms with Crippen LogP contribution >= 0.6 is 11.6 Å². The van der Waals surface area contributed by atoms with Crippen molar-refractivity contribution in [3.63, 3.8) is 0 Å². The minimum atomic E-state index is -4.67. The van der Waals surface area contributed by atoms with Crippen molar-refractivity contribution in [3.05, 3.63) is 69.2 Å². The smallest absolute Gasteiger partial charge is 0.386 e. The zero-order valence-corrected chi connectivity index (χ0v) is 31.6. The van der Waals surface area contributed by atoms with Gasteiger partial charge in [-0.15, -0.1) is 0 Å². The van der Waals surface area contributed by atoms with Crippen LogP contribution in [0, 0.1) is 5.92 Å². The van der Waals surface area contributed by atoms with E-state index in [4.69, 9.17) is 11.6 Å². The van der Waals surface area contributed by atoms with Gasteiger partial charge in [0.25, 0.3) is 0 Å². The van der Waals surface area contributed by atoms with Gasteiger partial charge in [-0.1, -0.05) is 29.8 Å². The number of pyridine rings is 1. The molecule has 15 heteroatoms. The number of aromatic amines is 1. The van der Waals surface area contributed by atoms with E-state index in [1.54, 1.807) is 20.6 Å². The number of piperidine rings is 2. The molecule has 0 bridgehead atoms. The number of hydrogen-bond donors (Lipinski definition) is 2. The van der Waals surface area contributed by atoms with E-state index in [0.717, 1.165) is 67.9 Å². The number of carbonyl (C=O) groups excluding carboxylic acids is 2. The molecule has 4 aromatic rings. The highest BCUT2D eigenvalue weighted by Gasteiger charge is 2.37. The van der Waals surface area contributed by atoms with Crippen LogP contribution in [0.1, 0.15) is 55.7 Å². The van der Waals surface area contributed by atoms with E-state index in [0.29, 0.717) is 50.6 Å². The fourth-order valence-electron chi connectivity index (χ4n) is 8.73. The molecular weight excluding hydrogens is 721 g/mol. The molecule has 0 spiro atoms. The summed E-state index contributed by atoms with van der Waals surface area (Å²) in [7, 11) is 3.52. The molecule has 2 aromatic heterocycles. The van der Waals surface area contributed by atoms with E-state index >= 15 is 0 Å². The maximum atomic E-state index is 14.3. The van der Waals surface area contributed by atoms with Gasteiger partial charge >= 0.3 is 11.9 Å². The lowest BCUT2D eigenvalue weighted by molar-refractivity contribution is -0.143. The van der Waals surface area contributed by atoms with E-state index in [9.17, 15) is 27.6 Å². The van der Waals surface area contributed by atoms with Crippen molar-refractivity contribution in [2.45, 2.75) is 63.2 Å². The Balaban J connectivity index is 1.07. The number of para-hydroxylation sites is 1. The van der Waals surface area contributed by atoms with Crippen LogP contribution in [0.2, 0.25) is 5.02 Å². The summed E-state index contributed by atoms with van der Waals surface area (Å²) in [6, 6.07) is 10.3. The average Bonchev–Trinajstić information content (AvgIpc) is 3.35.